The summed E-state index contributed by atoms with van der Waals surface area (Å²) in [5, 5.41) is 7.20. The first-order chi connectivity index (χ1) is 8.79. The molecule has 18 heavy (non-hydrogen) atoms. The van der Waals surface area contributed by atoms with Crippen molar-refractivity contribution in [2.45, 2.75) is 58.1 Å². The molecule has 1 saturated carbocycles. The van der Waals surface area contributed by atoms with Gasteiger partial charge in [0.05, 0.1) is 6.10 Å². The van der Waals surface area contributed by atoms with Crippen LogP contribution in [0.1, 0.15) is 46.0 Å². The molecule has 0 aromatic carbocycles. The van der Waals surface area contributed by atoms with Crippen molar-refractivity contribution in [3.63, 3.8) is 0 Å². The third-order valence-electron chi connectivity index (χ3n) is 4.67. The summed E-state index contributed by atoms with van der Waals surface area (Å²) < 4.78 is 5.58. The Morgan fingerprint density at radius 1 is 1.39 bits per heavy atom. The summed E-state index contributed by atoms with van der Waals surface area (Å²) in [6.07, 6.45) is 7.07. The Bertz CT molecular complexity index is 223. The highest BCUT2D eigenvalue weighted by atomic mass is 16.5. The normalized spacial score (nSPS) is 34.0. The van der Waals surface area contributed by atoms with Crippen LogP contribution in [0.2, 0.25) is 0 Å². The molecule has 0 spiro atoms. The van der Waals surface area contributed by atoms with E-state index < -0.39 is 0 Å². The fourth-order valence-electron chi connectivity index (χ4n) is 3.22. The second-order valence-electron chi connectivity index (χ2n) is 6.07. The number of hydrogen-bond donors (Lipinski definition) is 2. The van der Waals surface area contributed by atoms with Crippen molar-refractivity contribution >= 4 is 0 Å². The lowest BCUT2D eigenvalue weighted by atomic mass is 9.85. The monoisotopic (exact) mass is 254 g/mol. The van der Waals surface area contributed by atoms with Crippen LogP contribution in [-0.2, 0) is 4.74 Å². The summed E-state index contributed by atoms with van der Waals surface area (Å²) in [5.41, 5.74) is 0. The first-order valence-corrected chi connectivity index (χ1v) is 7.85. The molecule has 2 rings (SSSR count). The van der Waals surface area contributed by atoms with Crippen LogP contribution in [0, 0.1) is 11.8 Å². The maximum Gasteiger partial charge on any atom is 0.0604 e. The zero-order valence-electron chi connectivity index (χ0n) is 12.1. The Morgan fingerprint density at radius 2 is 2.22 bits per heavy atom. The molecule has 3 heteroatoms. The Hall–Kier alpha value is -0.120. The molecule has 0 bridgehead atoms. The van der Waals surface area contributed by atoms with Crippen molar-refractivity contribution in [2.75, 3.05) is 26.2 Å². The molecule has 1 aliphatic carbocycles. The van der Waals surface area contributed by atoms with E-state index in [1.54, 1.807) is 0 Å². The van der Waals surface area contributed by atoms with Gasteiger partial charge in [0.2, 0.25) is 0 Å². The van der Waals surface area contributed by atoms with E-state index in [1.807, 2.05) is 0 Å². The number of hydrogen-bond acceptors (Lipinski definition) is 3. The Morgan fingerprint density at radius 3 is 2.89 bits per heavy atom. The predicted molar refractivity (Wildman–Crippen MR) is 75.8 cm³/mol. The molecular weight excluding hydrogens is 224 g/mol. The van der Waals surface area contributed by atoms with Gasteiger partial charge in [-0.15, -0.1) is 0 Å². The fourth-order valence-corrected chi connectivity index (χ4v) is 3.22. The van der Waals surface area contributed by atoms with E-state index in [9.17, 15) is 0 Å². The molecule has 0 aromatic rings. The Labute approximate surface area is 112 Å². The number of piperidine rings is 1. The van der Waals surface area contributed by atoms with Gasteiger partial charge in [-0.3, -0.25) is 0 Å². The van der Waals surface area contributed by atoms with Crippen LogP contribution in [0.5, 0.6) is 0 Å². The first-order valence-electron chi connectivity index (χ1n) is 7.85. The fraction of sp³-hybridized carbons (Fsp3) is 1.00. The van der Waals surface area contributed by atoms with Crippen LogP contribution < -0.4 is 10.6 Å². The second-order valence-corrected chi connectivity index (χ2v) is 6.07. The zero-order valence-corrected chi connectivity index (χ0v) is 12.1. The predicted octanol–water partition coefficient (Wildman–Crippen LogP) is 2.17. The van der Waals surface area contributed by atoms with Crippen molar-refractivity contribution in [3.05, 3.63) is 0 Å². The lowest BCUT2D eigenvalue weighted by molar-refractivity contribution is -0.0101. The van der Waals surface area contributed by atoms with Crippen LogP contribution in [0.4, 0.5) is 0 Å². The summed E-state index contributed by atoms with van der Waals surface area (Å²) in [5.74, 6) is 1.76. The largest absolute Gasteiger partial charge is 0.378 e. The van der Waals surface area contributed by atoms with Gasteiger partial charge in [0, 0.05) is 12.6 Å². The van der Waals surface area contributed by atoms with E-state index in [4.69, 9.17) is 4.74 Å². The van der Waals surface area contributed by atoms with Crippen molar-refractivity contribution in [3.8, 4) is 0 Å². The third kappa shape index (κ3) is 4.22. The van der Waals surface area contributed by atoms with E-state index in [-0.39, 0.29) is 0 Å². The summed E-state index contributed by atoms with van der Waals surface area (Å²) in [6, 6.07) is 0.721. The molecule has 106 valence electrons. The molecule has 0 radical (unpaired) electrons. The quantitative estimate of drug-likeness (QED) is 0.730. The second kappa shape index (κ2) is 7.46. The molecule has 2 N–H and O–H groups in total. The van der Waals surface area contributed by atoms with Crippen LogP contribution in [0.25, 0.3) is 0 Å². The van der Waals surface area contributed by atoms with Gasteiger partial charge in [-0.2, -0.15) is 0 Å². The molecule has 1 saturated heterocycles. The highest BCUT2D eigenvalue weighted by Gasteiger charge is 2.29. The molecule has 1 aliphatic heterocycles. The minimum absolute atomic E-state index is 0.535. The van der Waals surface area contributed by atoms with E-state index in [0.29, 0.717) is 6.10 Å². The van der Waals surface area contributed by atoms with Crippen LogP contribution in [0.15, 0.2) is 0 Å². The standard InChI is InChI=1S/C15H30N2O/c1-3-18-15-9-14(10-15)17-8-6-12(2)13-5-4-7-16-11-13/h12-17H,3-11H2,1-2H3. The molecule has 2 unspecified atom stereocenters. The van der Waals surface area contributed by atoms with Gasteiger partial charge in [-0.25, -0.2) is 0 Å². The lowest BCUT2D eigenvalue weighted by Crippen LogP contribution is -2.46. The molecule has 2 fully saturated rings. The molecule has 2 atom stereocenters. The van der Waals surface area contributed by atoms with E-state index in [2.05, 4.69) is 24.5 Å². The molecular formula is C15H30N2O. The maximum absolute atomic E-state index is 5.58. The van der Waals surface area contributed by atoms with Crippen LogP contribution in [0.3, 0.4) is 0 Å². The van der Waals surface area contributed by atoms with Gasteiger partial charge >= 0.3 is 0 Å². The van der Waals surface area contributed by atoms with Crippen LogP contribution >= 0.6 is 0 Å². The van der Waals surface area contributed by atoms with E-state index in [1.165, 1.54) is 51.7 Å². The van der Waals surface area contributed by atoms with Gasteiger partial charge in [0.25, 0.3) is 0 Å². The summed E-state index contributed by atoms with van der Waals surface area (Å²) in [4.78, 5) is 0. The van der Waals surface area contributed by atoms with Gasteiger partial charge in [0.15, 0.2) is 0 Å². The summed E-state index contributed by atoms with van der Waals surface area (Å²) in [6.45, 7) is 9.01. The minimum atomic E-state index is 0.535. The van der Waals surface area contributed by atoms with Crippen molar-refractivity contribution in [1.29, 1.82) is 0 Å². The number of nitrogens with one attached hydrogen (secondary N) is 2. The molecule has 0 amide bonds. The van der Waals surface area contributed by atoms with Crippen molar-refractivity contribution in [1.82, 2.24) is 10.6 Å². The Balaban J connectivity index is 1.50. The molecule has 1 heterocycles. The smallest absolute Gasteiger partial charge is 0.0604 e. The first kappa shape index (κ1) is 14.3. The van der Waals surface area contributed by atoms with Crippen molar-refractivity contribution in [2.24, 2.45) is 11.8 Å². The average molecular weight is 254 g/mol. The molecule has 0 aromatic heterocycles. The van der Waals surface area contributed by atoms with Gasteiger partial charge in [0.1, 0.15) is 0 Å². The molecule has 3 nitrogen and oxygen atoms in total. The molecule has 2 aliphatic rings. The maximum atomic E-state index is 5.58. The lowest BCUT2D eigenvalue weighted by Gasteiger charge is -2.36. The summed E-state index contributed by atoms with van der Waals surface area (Å²) in [7, 11) is 0. The number of ether oxygens (including phenoxy) is 1. The van der Waals surface area contributed by atoms with E-state index >= 15 is 0 Å². The highest BCUT2D eigenvalue weighted by molar-refractivity contribution is 4.86. The highest BCUT2D eigenvalue weighted by Crippen LogP contribution is 2.25. The third-order valence-corrected chi connectivity index (χ3v) is 4.67. The topological polar surface area (TPSA) is 33.3 Å². The zero-order chi connectivity index (χ0) is 12.8. The SMILES string of the molecule is CCOC1CC(NCCC(C)C2CCCNC2)C1. The van der Waals surface area contributed by atoms with Gasteiger partial charge < -0.3 is 15.4 Å². The van der Waals surface area contributed by atoms with Gasteiger partial charge in [-0.1, -0.05) is 6.92 Å². The van der Waals surface area contributed by atoms with Crippen LogP contribution in [-0.4, -0.2) is 38.4 Å². The summed E-state index contributed by atoms with van der Waals surface area (Å²) >= 11 is 0. The van der Waals surface area contributed by atoms with E-state index in [0.717, 1.165) is 24.5 Å². The minimum Gasteiger partial charge on any atom is -0.378 e. The number of rotatable bonds is 7. The Kier molecular flexibility index (Phi) is 5.93. The van der Waals surface area contributed by atoms with Crippen molar-refractivity contribution < 1.29 is 4.74 Å². The average Bonchev–Trinajstić information content (AvgIpc) is 2.36. The van der Waals surface area contributed by atoms with Gasteiger partial charge in [-0.05, 0) is 70.5 Å².